The average molecular weight is 313 g/mol. The number of nitrogens with one attached hydrogen (secondary N) is 2. The third-order valence-corrected chi connectivity index (χ3v) is 3.30. The fraction of sp³-hybridized carbons (Fsp3) is 0.176. The normalized spacial score (nSPS) is 11.4. The van der Waals surface area contributed by atoms with Gasteiger partial charge in [-0.2, -0.15) is 0 Å². The highest BCUT2D eigenvalue weighted by atomic mass is 16.5. The van der Waals surface area contributed by atoms with E-state index in [2.05, 4.69) is 5.32 Å². The summed E-state index contributed by atoms with van der Waals surface area (Å²) < 4.78 is 5.43. The van der Waals surface area contributed by atoms with Gasteiger partial charge in [0.1, 0.15) is 5.75 Å². The lowest BCUT2D eigenvalue weighted by Crippen LogP contribution is -2.32. The molecule has 1 unspecified atom stereocenters. The Balaban J connectivity index is 1.94. The van der Waals surface area contributed by atoms with E-state index in [0.717, 1.165) is 5.56 Å². The van der Waals surface area contributed by atoms with E-state index in [-0.39, 0.29) is 24.1 Å². The Morgan fingerprint density at radius 1 is 1.09 bits per heavy atom. The summed E-state index contributed by atoms with van der Waals surface area (Å²) in [5.74, 6) is 4.68. The lowest BCUT2D eigenvalue weighted by Gasteiger charge is -2.15. The topological polar surface area (TPSA) is 93.4 Å². The van der Waals surface area contributed by atoms with Gasteiger partial charge >= 0.3 is 0 Å². The molecule has 2 amide bonds. The van der Waals surface area contributed by atoms with Gasteiger partial charge in [-0.25, -0.2) is 5.84 Å². The summed E-state index contributed by atoms with van der Waals surface area (Å²) in [7, 11) is 0. The van der Waals surface area contributed by atoms with Crippen molar-refractivity contribution < 1.29 is 14.3 Å². The number of benzene rings is 2. The van der Waals surface area contributed by atoms with Gasteiger partial charge in [0.2, 0.25) is 0 Å². The second kappa shape index (κ2) is 7.95. The Bertz CT molecular complexity index is 674. The Morgan fingerprint density at radius 2 is 1.74 bits per heavy atom. The zero-order chi connectivity index (χ0) is 16.7. The number of rotatable bonds is 6. The van der Waals surface area contributed by atoms with Crippen LogP contribution < -0.4 is 21.3 Å². The maximum Gasteiger partial charge on any atom is 0.268 e. The largest absolute Gasteiger partial charge is 0.483 e. The summed E-state index contributed by atoms with van der Waals surface area (Å²) in [4.78, 5) is 23.6. The molecule has 6 heteroatoms. The minimum atomic E-state index is -0.473. The van der Waals surface area contributed by atoms with Crippen LogP contribution in [0.3, 0.4) is 0 Å². The van der Waals surface area contributed by atoms with Crippen molar-refractivity contribution in [3.8, 4) is 5.75 Å². The number of hydrazine groups is 1. The molecule has 2 rings (SSSR count). The Labute approximate surface area is 134 Å². The monoisotopic (exact) mass is 313 g/mol. The molecule has 1 atom stereocenters. The molecule has 6 nitrogen and oxygen atoms in total. The van der Waals surface area contributed by atoms with Crippen LogP contribution >= 0.6 is 0 Å². The summed E-state index contributed by atoms with van der Waals surface area (Å²) in [6.07, 6.45) is 0. The zero-order valence-corrected chi connectivity index (χ0v) is 12.8. The van der Waals surface area contributed by atoms with Crippen LogP contribution in [0.5, 0.6) is 5.75 Å². The molecule has 0 aliphatic carbocycles. The summed E-state index contributed by atoms with van der Waals surface area (Å²) in [6.45, 7) is 1.70. The Morgan fingerprint density at radius 3 is 2.43 bits per heavy atom. The van der Waals surface area contributed by atoms with Gasteiger partial charge in [0, 0.05) is 0 Å². The molecule has 23 heavy (non-hydrogen) atoms. The Kier molecular flexibility index (Phi) is 5.71. The first-order chi connectivity index (χ1) is 11.1. The predicted octanol–water partition coefficient (Wildman–Crippen LogP) is 1.55. The lowest BCUT2D eigenvalue weighted by molar-refractivity contribution is -0.123. The molecule has 0 aromatic heterocycles. The van der Waals surface area contributed by atoms with Crippen molar-refractivity contribution in [2.75, 3.05) is 6.61 Å². The maximum atomic E-state index is 12.0. The lowest BCUT2D eigenvalue weighted by atomic mass is 10.1. The maximum absolute atomic E-state index is 12.0. The molecule has 0 aliphatic rings. The molecule has 0 bridgehead atoms. The number of nitrogens with two attached hydrogens (primary N) is 1. The van der Waals surface area contributed by atoms with Gasteiger partial charge in [-0.3, -0.25) is 15.0 Å². The van der Waals surface area contributed by atoms with Crippen LogP contribution in [0.15, 0.2) is 54.6 Å². The second-order valence-corrected chi connectivity index (χ2v) is 4.96. The first-order valence-electron chi connectivity index (χ1n) is 7.19. The van der Waals surface area contributed by atoms with Crippen molar-refractivity contribution >= 4 is 11.8 Å². The van der Waals surface area contributed by atoms with Crippen LogP contribution in [0.1, 0.15) is 28.9 Å². The van der Waals surface area contributed by atoms with E-state index in [0.29, 0.717) is 5.75 Å². The van der Waals surface area contributed by atoms with Crippen molar-refractivity contribution in [1.29, 1.82) is 0 Å². The standard InChI is InChI=1S/C17H19N3O3/c1-12(13-7-3-2-4-8-13)19-16(21)11-23-15-10-6-5-9-14(15)17(22)20-18/h2-10,12H,11,18H2,1H3,(H,19,21)(H,20,22). The highest BCUT2D eigenvalue weighted by molar-refractivity contribution is 5.96. The quantitative estimate of drug-likeness (QED) is 0.428. The van der Waals surface area contributed by atoms with Crippen LogP contribution in [-0.4, -0.2) is 18.4 Å². The average Bonchev–Trinajstić information content (AvgIpc) is 2.60. The smallest absolute Gasteiger partial charge is 0.268 e. The Hall–Kier alpha value is -2.86. The van der Waals surface area contributed by atoms with E-state index in [1.165, 1.54) is 0 Å². The third kappa shape index (κ3) is 4.55. The van der Waals surface area contributed by atoms with Crippen molar-refractivity contribution in [1.82, 2.24) is 10.7 Å². The van der Waals surface area contributed by atoms with Gasteiger partial charge in [-0.05, 0) is 24.6 Å². The molecule has 0 saturated carbocycles. The number of para-hydroxylation sites is 1. The molecule has 2 aromatic carbocycles. The molecule has 120 valence electrons. The molecule has 2 aromatic rings. The van der Waals surface area contributed by atoms with Crippen molar-refractivity contribution in [2.45, 2.75) is 13.0 Å². The highest BCUT2D eigenvalue weighted by Crippen LogP contribution is 2.17. The van der Waals surface area contributed by atoms with Crippen molar-refractivity contribution in [3.63, 3.8) is 0 Å². The molecule has 4 N–H and O–H groups in total. The van der Waals surface area contributed by atoms with Crippen LogP contribution in [0.4, 0.5) is 0 Å². The van der Waals surface area contributed by atoms with Gasteiger partial charge in [0.05, 0.1) is 11.6 Å². The predicted molar refractivity (Wildman–Crippen MR) is 86.6 cm³/mol. The minimum absolute atomic E-state index is 0.130. The summed E-state index contributed by atoms with van der Waals surface area (Å²) in [5, 5.41) is 2.84. The van der Waals surface area contributed by atoms with Crippen LogP contribution in [-0.2, 0) is 4.79 Å². The van der Waals surface area contributed by atoms with E-state index in [1.54, 1.807) is 24.3 Å². The van der Waals surface area contributed by atoms with E-state index < -0.39 is 5.91 Å². The number of nitrogen functional groups attached to an aromatic ring is 1. The van der Waals surface area contributed by atoms with Gasteiger partial charge in [0.25, 0.3) is 11.8 Å². The SMILES string of the molecule is CC(NC(=O)COc1ccccc1C(=O)NN)c1ccccc1. The number of hydrogen-bond acceptors (Lipinski definition) is 4. The van der Waals surface area contributed by atoms with Gasteiger partial charge in [-0.15, -0.1) is 0 Å². The van der Waals surface area contributed by atoms with E-state index in [4.69, 9.17) is 10.6 Å². The highest BCUT2D eigenvalue weighted by Gasteiger charge is 2.13. The molecule has 0 aliphatic heterocycles. The fourth-order valence-electron chi connectivity index (χ4n) is 2.11. The number of amides is 2. The zero-order valence-electron chi connectivity index (χ0n) is 12.8. The van der Waals surface area contributed by atoms with Gasteiger partial charge in [-0.1, -0.05) is 42.5 Å². The van der Waals surface area contributed by atoms with Crippen LogP contribution in [0.2, 0.25) is 0 Å². The number of ether oxygens (including phenoxy) is 1. The summed E-state index contributed by atoms with van der Waals surface area (Å²) in [6, 6.07) is 16.1. The second-order valence-electron chi connectivity index (χ2n) is 4.96. The van der Waals surface area contributed by atoms with E-state index in [9.17, 15) is 9.59 Å². The van der Waals surface area contributed by atoms with Gasteiger partial charge in [0.15, 0.2) is 6.61 Å². The van der Waals surface area contributed by atoms with Crippen molar-refractivity contribution in [3.05, 3.63) is 65.7 Å². The number of carbonyl (C=O) groups excluding carboxylic acids is 2. The van der Waals surface area contributed by atoms with E-state index in [1.807, 2.05) is 42.7 Å². The molecule has 0 saturated heterocycles. The molecule has 0 fully saturated rings. The van der Waals surface area contributed by atoms with Crippen molar-refractivity contribution in [2.24, 2.45) is 5.84 Å². The molecule has 0 spiro atoms. The number of hydrogen-bond donors (Lipinski definition) is 3. The third-order valence-electron chi connectivity index (χ3n) is 3.30. The van der Waals surface area contributed by atoms with Crippen LogP contribution in [0.25, 0.3) is 0 Å². The fourth-order valence-corrected chi connectivity index (χ4v) is 2.11. The molecule has 0 heterocycles. The first-order valence-corrected chi connectivity index (χ1v) is 7.19. The molecule has 0 radical (unpaired) electrons. The molecular formula is C17H19N3O3. The van der Waals surface area contributed by atoms with E-state index >= 15 is 0 Å². The number of carbonyl (C=O) groups is 2. The molecular weight excluding hydrogens is 294 g/mol. The summed E-state index contributed by atoms with van der Waals surface area (Å²) in [5.41, 5.74) is 3.32. The first kappa shape index (κ1) is 16.5. The minimum Gasteiger partial charge on any atom is -0.483 e. The summed E-state index contributed by atoms with van der Waals surface area (Å²) >= 11 is 0. The van der Waals surface area contributed by atoms with Crippen LogP contribution in [0, 0.1) is 0 Å². The van der Waals surface area contributed by atoms with Gasteiger partial charge < -0.3 is 10.1 Å².